The van der Waals surface area contributed by atoms with Gasteiger partial charge in [-0.3, -0.25) is 0 Å². The Morgan fingerprint density at radius 2 is 1.78 bits per heavy atom. The minimum Gasteiger partial charge on any atom is -0.504 e. The van der Waals surface area contributed by atoms with E-state index in [0.717, 1.165) is 80.9 Å². The molecule has 6 aliphatic rings. The summed E-state index contributed by atoms with van der Waals surface area (Å²) in [6.07, 6.45) is 15.9. The van der Waals surface area contributed by atoms with Crippen LogP contribution < -0.4 is 15.8 Å². The van der Waals surface area contributed by atoms with E-state index in [2.05, 4.69) is 53.4 Å². The number of aromatic amines is 1. The molecule has 0 amide bonds. The number of hydrogen-bond acceptors (Lipinski definition) is 8. The van der Waals surface area contributed by atoms with Crippen molar-refractivity contribution >= 4 is 0 Å². The molecule has 0 radical (unpaired) electrons. The number of hydrogen-bond donors (Lipinski definition) is 8. The van der Waals surface area contributed by atoms with Crippen molar-refractivity contribution in [2.75, 3.05) is 6.54 Å². The molecule has 2 aromatic rings. The van der Waals surface area contributed by atoms with Gasteiger partial charge < -0.3 is 46.3 Å². The summed E-state index contributed by atoms with van der Waals surface area (Å²) in [7, 11) is 0. The molecule has 1 aromatic carbocycles. The predicted molar refractivity (Wildman–Crippen MR) is 213 cm³/mol. The Bertz CT molecular complexity index is 1830. The van der Waals surface area contributed by atoms with Gasteiger partial charge in [0.15, 0.2) is 11.5 Å². The summed E-state index contributed by atoms with van der Waals surface area (Å²) in [5.41, 5.74) is 11.7. The summed E-state index contributed by atoms with van der Waals surface area (Å²) in [6, 6.07) is 7.94. The molecule has 2 fully saturated rings. The minimum absolute atomic E-state index is 0.00845. The third kappa shape index (κ3) is 7.36. The van der Waals surface area contributed by atoms with Crippen LogP contribution in [-0.2, 0) is 11.8 Å². The zero-order valence-corrected chi connectivity index (χ0v) is 32.3. The molecule has 5 aliphatic carbocycles. The van der Waals surface area contributed by atoms with Gasteiger partial charge in [-0.25, -0.2) is 0 Å². The van der Waals surface area contributed by atoms with E-state index in [1.165, 1.54) is 11.3 Å². The topological polar surface area (TPSA) is 164 Å². The van der Waals surface area contributed by atoms with Gasteiger partial charge in [0.1, 0.15) is 12.2 Å². The zero-order valence-electron chi connectivity index (χ0n) is 32.3. The molecule has 296 valence electrons. The molecule has 1 aliphatic heterocycles. The lowest BCUT2D eigenvalue weighted by atomic mass is 9.59. The highest BCUT2D eigenvalue weighted by atomic mass is 16.5. The Morgan fingerprint density at radius 1 is 0.964 bits per heavy atom. The Morgan fingerprint density at radius 3 is 2.55 bits per heavy atom. The molecule has 9 heteroatoms. The molecule has 0 spiro atoms. The van der Waals surface area contributed by atoms with Crippen molar-refractivity contribution in [2.24, 2.45) is 35.3 Å². The third-order valence-corrected chi connectivity index (χ3v) is 14.3. The number of fused-ring (bicyclic) bond motifs is 4. The summed E-state index contributed by atoms with van der Waals surface area (Å²) in [4.78, 5) is 3.55. The number of ether oxygens (including phenoxy) is 1. The second kappa shape index (κ2) is 16.1. The van der Waals surface area contributed by atoms with Gasteiger partial charge in [0, 0.05) is 59.4 Å². The molecule has 9 nitrogen and oxygen atoms in total. The molecule has 11 atom stereocenters. The summed E-state index contributed by atoms with van der Waals surface area (Å²) in [5.74, 6) is 7.27. The zero-order chi connectivity index (χ0) is 38.3. The molecular weight excluding hydrogens is 691 g/mol. The van der Waals surface area contributed by atoms with Crippen LogP contribution in [0.3, 0.4) is 0 Å². The number of nitrogens with one attached hydrogen (secondary N) is 2. The lowest BCUT2D eigenvalue weighted by molar-refractivity contribution is -0.114. The maximum absolute atomic E-state index is 11.9. The van der Waals surface area contributed by atoms with E-state index in [9.17, 15) is 25.5 Å². The summed E-state index contributed by atoms with van der Waals surface area (Å²) in [5, 5.41) is 61.2. The second-order valence-electron chi connectivity index (χ2n) is 17.5. The smallest absolute Gasteiger partial charge is 0.161 e. The third-order valence-electron chi connectivity index (χ3n) is 14.3. The first-order valence-corrected chi connectivity index (χ1v) is 21.2. The van der Waals surface area contributed by atoms with E-state index < -0.39 is 30.5 Å². The fraction of sp³-hybridized carbons (Fsp3) is 0.609. The van der Waals surface area contributed by atoms with Gasteiger partial charge in [-0.2, -0.15) is 0 Å². The van der Waals surface area contributed by atoms with Crippen molar-refractivity contribution in [3.8, 4) is 23.3 Å². The monoisotopic (exact) mass is 751 g/mol. The van der Waals surface area contributed by atoms with E-state index in [4.69, 9.17) is 10.5 Å². The highest BCUT2D eigenvalue weighted by molar-refractivity contribution is 5.52. The molecular formula is C46H61N3O6. The maximum atomic E-state index is 11.9. The van der Waals surface area contributed by atoms with Gasteiger partial charge in [-0.1, -0.05) is 62.2 Å². The number of aliphatic hydroxyl groups excluding tert-OH is 4. The fourth-order valence-corrected chi connectivity index (χ4v) is 11.5. The summed E-state index contributed by atoms with van der Waals surface area (Å²) in [6.45, 7) is 2.79. The number of phenols is 1. The van der Waals surface area contributed by atoms with Crippen LogP contribution in [-0.4, -0.2) is 67.6 Å². The average Bonchev–Trinajstić information content (AvgIpc) is 3.87. The van der Waals surface area contributed by atoms with Gasteiger partial charge in [-0.15, -0.1) is 0 Å². The van der Waals surface area contributed by atoms with Crippen LogP contribution in [0.15, 0.2) is 65.7 Å². The number of allylic oxidation sites excluding steroid dienone is 4. The lowest BCUT2D eigenvalue weighted by Gasteiger charge is -2.49. The maximum Gasteiger partial charge on any atom is 0.161 e. The molecule has 0 unspecified atom stereocenters. The molecule has 0 saturated heterocycles. The summed E-state index contributed by atoms with van der Waals surface area (Å²) < 4.78 is 6.89. The Hall–Kier alpha value is -3.68. The number of H-pyrrole nitrogens is 1. The van der Waals surface area contributed by atoms with Crippen LogP contribution in [0, 0.1) is 41.4 Å². The number of aromatic hydroxyl groups is 1. The molecule has 2 saturated carbocycles. The van der Waals surface area contributed by atoms with Crippen molar-refractivity contribution in [3.63, 3.8) is 0 Å². The van der Waals surface area contributed by atoms with Crippen molar-refractivity contribution in [1.82, 2.24) is 10.3 Å². The molecule has 1 aromatic heterocycles. The van der Waals surface area contributed by atoms with Gasteiger partial charge >= 0.3 is 0 Å². The highest BCUT2D eigenvalue weighted by Crippen LogP contribution is 2.55. The standard InChI is InChI=1S/C46H61N3O6/c1-2-27-8-3-4-9-35(50)42-30(12-11-27)22-28-13-14-29-23-37(52)39(26-34(29)33(28)25-38(42)53)55-45-32(15-16-36(51)44(45)54)43(31-17-21-49-41(47)24-31)46(18-5-6-19-46)40-10-7-20-48-40/h7,10,17,20,22-24,26-27,30,32-33,35-36,38,42-45,48-54H,2-6,8-9,13-16,18-19,21,25,47H2,1H3/t27-,30+,32+,33-,35+,36+,38-,42-,43+,44-,45+/m1/s1. The first-order valence-electron chi connectivity index (χ1n) is 21.2. The van der Waals surface area contributed by atoms with E-state index in [1.807, 2.05) is 18.3 Å². The molecule has 9 N–H and O–H groups in total. The normalized spacial score (nSPS) is 35.1. The van der Waals surface area contributed by atoms with E-state index in [1.54, 1.807) is 6.07 Å². The van der Waals surface area contributed by atoms with Gasteiger partial charge in [0.25, 0.3) is 0 Å². The molecule has 2 heterocycles. The molecule has 0 bridgehead atoms. The first-order chi connectivity index (χ1) is 26.7. The lowest BCUT2D eigenvalue weighted by Crippen LogP contribution is -2.55. The van der Waals surface area contributed by atoms with E-state index in [0.29, 0.717) is 44.0 Å². The van der Waals surface area contributed by atoms with Crippen molar-refractivity contribution in [1.29, 1.82) is 0 Å². The number of aliphatic hydroxyl groups is 4. The van der Waals surface area contributed by atoms with Crippen molar-refractivity contribution < 1.29 is 30.3 Å². The van der Waals surface area contributed by atoms with Crippen molar-refractivity contribution in [3.05, 3.63) is 82.5 Å². The van der Waals surface area contributed by atoms with Gasteiger partial charge in [-0.05, 0) is 111 Å². The summed E-state index contributed by atoms with van der Waals surface area (Å²) >= 11 is 0. The van der Waals surface area contributed by atoms with Crippen LogP contribution >= 0.6 is 0 Å². The number of phenolic OH excluding ortho intramolecular Hbond substituents is 1. The average molecular weight is 752 g/mol. The number of rotatable bonds is 7. The Kier molecular flexibility index (Phi) is 11.2. The van der Waals surface area contributed by atoms with Crippen LogP contribution in [0.1, 0.15) is 113 Å². The van der Waals surface area contributed by atoms with Gasteiger partial charge in [0.05, 0.1) is 24.1 Å². The van der Waals surface area contributed by atoms with Crippen LogP contribution in [0.5, 0.6) is 11.5 Å². The fourth-order valence-electron chi connectivity index (χ4n) is 11.5. The quantitative estimate of drug-likeness (QED) is 0.127. The Balaban J connectivity index is 1.17. The number of aromatic nitrogens is 1. The number of nitrogens with two attached hydrogens (primary N) is 1. The SMILES string of the molecule is CC[C@H]1C#C[C@H]2C=C3CCc4cc(O)c(O[C@@H]5[C@H](O)[C@@H](O)CC[C@H]5[C@H](C5=CCNC(N)=C5)C5(c6ccc[nH]6)CCCC5)cc4[C@@H]3C[C@@H](O)[C@H]2[C@@H](O)CCCC1. The van der Waals surface area contributed by atoms with Crippen LogP contribution in [0.2, 0.25) is 0 Å². The second-order valence-corrected chi connectivity index (χ2v) is 17.5. The molecule has 8 rings (SSSR count). The van der Waals surface area contributed by atoms with E-state index >= 15 is 0 Å². The van der Waals surface area contributed by atoms with Crippen LogP contribution in [0.25, 0.3) is 0 Å². The Labute approximate surface area is 326 Å². The van der Waals surface area contributed by atoms with Crippen molar-refractivity contribution in [2.45, 2.75) is 139 Å². The van der Waals surface area contributed by atoms with Crippen LogP contribution in [0.4, 0.5) is 0 Å². The highest BCUT2D eigenvalue weighted by Gasteiger charge is 2.54. The number of benzene rings is 1. The molecule has 55 heavy (non-hydrogen) atoms. The number of aryl methyl sites for hydroxylation is 1. The predicted octanol–water partition coefficient (Wildman–Crippen LogP) is 5.98. The van der Waals surface area contributed by atoms with E-state index in [-0.39, 0.29) is 46.5 Å². The minimum atomic E-state index is -1.17. The largest absolute Gasteiger partial charge is 0.504 e. The first kappa shape index (κ1) is 38.2. The van der Waals surface area contributed by atoms with Gasteiger partial charge in [0.2, 0.25) is 0 Å². The number of dihydropyridines is 1.